The highest BCUT2D eigenvalue weighted by Gasteiger charge is 2.49. The van der Waals surface area contributed by atoms with Crippen molar-refractivity contribution in [2.24, 2.45) is 13.0 Å². The summed E-state index contributed by atoms with van der Waals surface area (Å²) in [6, 6.07) is 0. The van der Waals surface area contributed by atoms with Gasteiger partial charge in [0.2, 0.25) is 0 Å². The Morgan fingerprint density at radius 1 is 1.35 bits per heavy atom. The zero-order valence-corrected chi connectivity index (χ0v) is 13.3. The highest BCUT2D eigenvalue weighted by atomic mass is 15.3. The molecule has 1 unspecified atom stereocenters. The summed E-state index contributed by atoms with van der Waals surface area (Å²) in [5.41, 5.74) is 1.92. The summed E-state index contributed by atoms with van der Waals surface area (Å²) in [7, 11) is 1.99. The van der Waals surface area contributed by atoms with Crippen LogP contribution in [0, 0.1) is 5.92 Å². The average Bonchev–Trinajstić information content (AvgIpc) is 3.15. The van der Waals surface area contributed by atoms with Crippen molar-refractivity contribution >= 4 is 0 Å². The van der Waals surface area contributed by atoms with Gasteiger partial charge in [-0.2, -0.15) is 5.10 Å². The molecule has 0 amide bonds. The van der Waals surface area contributed by atoms with Gasteiger partial charge < -0.3 is 5.32 Å². The van der Waals surface area contributed by atoms with Gasteiger partial charge in [0.1, 0.15) is 0 Å². The van der Waals surface area contributed by atoms with Gasteiger partial charge in [-0.05, 0) is 51.5 Å². The second-order valence-corrected chi connectivity index (χ2v) is 7.56. The van der Waals surface area contributed by atoms with E-state index in [1.54, 1.807) is 0 Å². The predicted molar refractivity (Wildman–Crippen MR) is 81.7 cm³/mol. The first-order valence-corrected chi connectivity index (χ1v) is 7.87. The van der Waals surface area contributed by atoms with Crippen LogP contribution in [-0.4, -0.2) is 45.4 Å². The van der Waals surface area contributed by atoms with E-state index >= 15 is 0 Å². The van der Waals surface area contributed by atoms with Crippen molar-refractivity contribution in [3.8, 4) is 0 Å². The third-order valence-corrected chi connectivity index (χ3v) is 5.12. The summed E-state index contributed by atoms with van der Waals surface area (Å²) < 4.78 is 1.90. The molecule has 0 bridgehead atoms. The van der Waals surface area contributed by atoms with Crippen molar-refractivity contribution in [3.63, 3.8) is 0 Å². The molecule has 1 saturated heterocycles. The Bertz CT molecular complexity index is 475. The molecule has 20 heavy (non-hydrogen) atoms. The summed E-state index contributed by atoms with van der Waals surface area (Å²) in [5.74, 6) is 0.889. The molecule has 2 heterocycles. The summed E-state index contributed by atoms with van der Waals surface area (Å²) in [6.07, 6.45) is 8.06. The molecule has 112 valence electrons. The van der Waals surface area contributed by atoms with Gasteiger partial charge in [-0.25, -0.2) is 0 Å². The van der Waals surface area contributed by atoms with Crippen molar-refractivity contribution in [1.29, 1.82) is 0 Å². The quantitative estimate of drug-likeness (QED) is 0.910. The monoisotopic (exact) mass is 276 g/mol. The largest absolute Gasteiger partial charge is 0.309 e. The molecule has 0 aromatic carbocycles. The number of hydrogen-bond donors (Lipinski definition) is 1. The smallest absolute Gasteiger partial charge is 0.0522 e. The van der Waals surface area contributed by atoms with E-state index in [9.17, 15) is 0 Å². The Balaban J connectivity index is 1.69. The van der Waals surface area contributed by atoms with Gasteiger partial charge in [0.25, 0.3) is 0 Å². The lowest BCUT2D eigenvalue weighted by Crippen LogP contribution is -2.68. The van der Waals surface area contributed by atoms with Crippen LogP contribution in [0.25, 0.3) is 0 Å². The molecular formula is C16H28N4. The maximum absolute atomic E-state index is 4.28. The summed E-state index contributed by atoms with van der Waals surface area (Å²) in [4.78, 5) is 2.73. The number of aryl methyl sites for hydroxylation is 1. The first-order chi connectivity index (χ1) is 9.39. The average molecular weight is 276 g/mol. The van der Waals surface area contributed by atoms with E-state index in [0.29, 0.717) is 5.54 Å². The molecule has 1 atom stereocenters. The van der Waals surface area contributed by atoms with Gasteiger partial charge in [0.05, 0.1) is 6.20 Å². The molecule has 1 N–H and O–H groups in total. The first kappa shape index (κ1) is 14.1. The Hall–Kier alpha value is -0.870. The van der Waals surface area contributed by atoms with Crippen LogP contribution in [0.5, 0.6) is 0 Å². The number of piperazine rings is 1. The second-order valence-electron chi connectivity index (χ2n) is 7.56. The normalized spacial score (nSPS) is 30.6. The Labute approximate surface area is 122 Å². The van der Waals surface area contributed by atoms with Gasteiger partial charge >= 0.3 is 0 Å². The van der Waals surface area contributed by atoms with Crippen LogP contribution in [0.3, 0.4) is 0 Å². The van der Waals surface area contributed by atoms with E-state index < -0.39 is 0 Å². The number of nitrogens with one attached hydrogen (secondary N) is 1. The van der Waals surface area contributed by atoms with E-state index in [1.165, 1.54) is 18.4 Å². The SMILES string of the molecule is Cn1cc(CCN2CC(C)(C)NCC2(C)C2CC2)cn1. The third-order valence-electron chi connectivity index (χ3n) is 5.12. The molecule has 4 nitrogen and oxygen atoms in total. The molecule has 1 saturated carbocycles. The molecule has 1 aliphatic carbocycles. The van der Waals surface area contributed by atoms with Crippen LogP contribution in [0.2, 0.25) is 0 Å². The summed E-state index contributed by atoms with van der Waals surface area (Å²) >= 11 is 0. The fourth-order valence-corrected chi connectivity index (χ4v) is 3.55. The van der Waals surface area contributed by atoms with E-state index in [1.807, 2.05) is 17.9 Å². The Morgan fingerprint density at radius 2 is 2.10 bits per heavy atom. The molecule has 2 aliphatic rings. The highest BCUT2D eigenvalue weighted by Crippen LogP contribution is 2.44. The second kappa shape index (κ2) is 4.85. The van der Waals surface area contributed by atoms with E-state index in [4.69, 9.17) is 0 Å². The van der Waals surface area contributed by atoms with Crippen molar-refractivity contribution in [2.45, 2.75) is 51.1 Å². The molecular weight excluding hydrogens is 248 g/mol. The van der Waals surface area contributed by atoms with Crippen molar-refractivity contribution < 1.29 is 0 Å². The standard InChI is InChI=1S/C16H28N4/c1-15(2)12-20(8-7-13-9-18-19(4)10-13)16(3,11-17-15)14-5-6-14/h9-10,14,17H,5-8,11-12H2,1-4H3. The molecule has 1 aromatic rings. The summed E-state index contributed by atoms with van der Waals surface area (Å²) in [6.45, 7) is 10.5. The van der Waals surface area contributed by atoms with Crippen LogP contribution in [-0.2, 0) is 13.5 Å². The fourth-order valence-electron chi connectivity index (χ4n) is 3.55. The predicted octanol–water partition coefficient (Wildman–Crippen LogP) is 1.82. The third kappa shape index (κ3) is 2.77. The zero-order valence-electron chi connectivity index (χ0n) is 13.3. The van der Waals surface area contributed by atoms with Crippen LogP contribution in [0.15, 0.2) is 12.4 Å². The highest BCUT2D eigenvalue weighted by molar-refractivity contribution is 5.09. The van der Waals surface area contributed by atoms with Crippen molar-refractivity contribution in [2.75, 3.05) is 19.6 Å². The molecule has 1 aliphatic heterocycles. The van der Waals surface area contributed by atoms with Crippen molar-refractivity contribution in [3.05, 3.63) is 18.0 Å². The van der Waals surface area contributed by atoms with Gasteiger partial charge in [0, 0.05) is 44.0 Å². The minimum Gasteiger partial charge on any atom is -0.309 e. The zero-order chi connectivity index (χ0) is 14.4. The van der Waals surface area contributed by atoms with Crippen LogP contribution in [0.4, 0.5) is 0 Å². The van der Waals surface area contributed by atoms with Gasteiger partial charge in [-0.15, -0.1) is 0 Å². The Kier molecular flexibility index (Phi) is 3.41. The van der Waals surface area contributed by atoms with Gasteiger partial charge in [-0.3, -0.25) is 9.58 Å². The van der Waals surface area contributed by atoms with Crippen molar-refractivity contribution in [1.82, 2.24) is 20.0 Å². The minimum atomic E-state index is 0.226. The van der Waals surface area contributed by atoms with E-state index in [-0.39, 0.29) is 5.54 Å². The lowest BCUT2D eigenvalue weighted by atomic mass is 9.86. The van der Waals surface area contributed by atoms with Crippen LogP contribution in [0.1, 0.15) is 39.2 Å². The number of aromatic nitrogens is 2. The van der Waals surface area contributed by atoms with Crippen LogP contribution >= 0.6 is 0 Å². The van der Waals surface area contributed by atoms with Gasteiger partial charge in [-0.1, -0.05) is 0 Å². The molecule has 2 fully saturated rings. The fraction of sp³-hybridized carbons (Fsp3) is 0.812. The maximum Gasteiger partial charge on any atom is 0.0522 e. The topological polar surface area (TPSA) is 33.1 Å². The summed E-state index contributed by atoms with van der Waals surface area (Å²) in [5, 5.41) is 8.02. The lowest BCUT2D eigenvalue weighted by Gasteiger charge is -2.52. The minimum absolute atomic E-state index is 0.226. The lowest BCUT2D eigenvalue weighted by molar-refractivity contribution is 0.0128. The van der Waals surface area contributed by atoms with Gasteiger partial charge in [0.15, 0.2) is 0 Å². The van der Waals surface area contributed by atoms with E-state index in [2.05, 4.69) is 42.3 Å². The van der Waals surface area contributed by atoms with Crippen LogP contribution < -0.4 is 5.32 Å². The maximum atomic E-state index is 4.28. The molecule has 3 rings (SSSR count). The molecule has 1 aromatic heterocycles. The van der Waals surface area contributed by atoms with E-state index in [0.717, 1.165) is 32.0 Å². The molecule has 0 radical (unpaired) electrons. The number of hydrogen-bond acceptors (Lipinski definition) is 3. The first-order valence-electron chi connectivity index (χ1n) is 7.87. The number of nitrogens with zero attached hydrogens (tertiary/aromatic N) is 3. The molecule has 0 spiro atoms. The molecule has 4 heteroatoms. The number of rotatable bonds is 4. The Morgan fingerprint density at radius 3 is 2.70 bits per heavy atom.